The zero-order valence-electron chi connectivity index (χ0n) is 16.4. The van der Waals surface area contributed by atoms with Gasteiger partial charge in [0.15, 0.2) is 0 Å². The molecule has 140 valence electrons. The SMILES string of the molecule is COC(=O)C(N)C(C)(C)C1CCC(C)(C)CN1C(=O)OC(C)(C)C. The van der Waals surface area contributed by atoms with E-state index in [4.69, 9.17) is 15.2 Å². The Hall–Kier alpha value is -1.30. The molecule has 0 saturated carbocycles. The van der Waals surface area contributed by atoms with E-state index in [2.05, 4.69) is 13.8 Å². The molecule has 1 saturated heterocycles. The van der Waals surface area contributed by atoms with Gasteiger partial charge >= 0.3 is 12.1 Å². The van der Waals surface area contributed by atoms with Gasteiger partial charge in [-0.2, -0.15) is 0 Å². The molecular formula is C18H34N2O4. The highest BCUT2D eigenvalue weighted by molar-refractivity contribution is 5.77. The van der Waals surface area contributed by atoms with E-state index < -0.39 is 23.0 Å². The van der Waals surface area contributed by atoms with Gasteiger partial charge < -0.3 is 20.1 Å². The van der Waals surface area contributed by atoms with Crippen LogP contribution in [0.3, 0.4) is 0 Å². The van der Waals surface area contributed by atoms with E-state index in [1.807, 2.05) is 34.6 Å². The van der Waals surface area contributed by atoms with Gasteiger partial charge in [0, 0.05) is 18.0 Å². The average Bonchev–Trinajstić information content (AvgIpc) is 2.42. The number of esters is 1. The first-order chi connectivity index (χ1) is 10.7. The minimum atomic E-state index is -0.807. The van der Waals surface area contributed by atoms with E-state index in [0.717, 1.165) is 12.8 Å². The van der Waals surface area contributed by atoms with Crippen LogP contribution >= 0.6 is 0 Å². The molecule has 6 nitrogen and oxygen atoms in total. The van der Waals surface area contributed by atoms with Gasteiger partial charge in [-0.1, -0.05) is 27.7 Å². The summed E-state index contributed by atoms with van der Waals surface area (Å²) in [5.41, 5.74) is 4.94. The van der Waals surface area contributed by atoms with Crippen molar-refractivity contribution in [1.29, 1.82) is 0 Å². The van der Waals surface area contributed by atoms with E-state index in [1.54, 1.807) is 4.90 Å². The number of likely N-dealkylation sites (tertiary alicyclic amines) is 1. The van der Waals surface area contributed by atoms with Crippen molar-refractivity contribution in [3.63, 3.8) is 0 Å². The lowest BCUT2D eigenvalue weighted by Gasteiger charge is -2.50. The van der Waals surface area contributed by atoms with Gasteiger partial charge in [0.25, 0.3) is 0 Å². The molecule has 1 aliphatic heterocycles. The van der Waals surface area contributed by atoms with Gasteiger partial charge in [-0.3, -0.25) is 4.79 Å². The number of methoxy groups -OCH3 is 1. The minimum absolute atomic E-state index is 0.00115. The van der Waals surface area contributed by atoms with Crippen LogP contribution in [0.25, 0.3) is 0 Å². The van der Waals surface area contributed by atoms with Crippen molar-refractivity contribution in [2.24, 2.45) is 16.6 Å². The Morgan fingerprint density at radius 3 is 2.21 bits per heavy atom. The predicted molar refractivity (Wildman–Crippen MR) is 93.5 cm³/mol. The maximum atomic E-state index is 12.8. The standard InChI is InChI=1S/C18H34N2O4/c1-16(2,3)24-15(22)20-11-17(4,5)10-9-12(20)18(6,7)13(19)14(21)23-8/h12-13H,9-11,19H2,1-8H3. The predicted octanol–water partition coefficient (Wildman–Crippen LogP) is 2.94. The normalized spacial score (nSPS) is 22.7. The van der Waals surface area contributed by atoms with Crippen molar-refractivity contribution in [2.75, 3.05) is 13.7 Å². The first-order valence-corrected chi connectivity index (χ1v) is 8.54. The molecule has 0 bridgehead atoms. The lowest BCUT2D eigenvalue weighted by atomic mass is 9.69. The number of piperidine rings is 1. The lowest BCUT2D eigenvalue weighted by molar-refractivity contribution is -0.147. The summed E-state index contributed by atoms with van der Waals surface area (Å²) < 4.78 is 10.4. The zero-order chi connectivity index (χ0) is 18.9. The van der Waals surface area contributed by atoms with E-state index in [-0.39, 0.29) is 17.6 Å². The Morgan fingerprint density at radius 1 is 1.21 bits per heavy atom. The third kappa shape index (κ3) is 4.85. The van der Waals surface area contributed by atoms with Crippen molar-refractivity contribution < 1.29 is 19.1 Å². The molecule has 0 radical (unpaired) electrons. The van der Waals surface area contributed by atoms with Gasteiger partial charge in [0.1, 0.15) is 11.6 Å². The van der Waals surface area contributed by atoms with Crippen molar-refractivity contribution >= 4 is 12.1 Å². The molecule has 6 heteroatoms. The third-order valence-electron chi connectivity index (χ3n) is 4.81. The summed E-state index contributed by atoms with van der Waals surface area (Å²) in [5, 5.41) is 0. The summed E-state index contributed by atoms with van der Waals surface area (Å²) in [6.45, 7) is 14.2. The molecule has 24 heavy (non-hydrogen) atoms. The molecule has 0 aromatic carbocycles. The number of nitrogens with two attached hydrogens (primary N) is 1. The summed E-state index contributed by atoms with van der Waals surface area (Å²) in [5.74, 6) is -0.464. The number of hydrogen-bond acceptors (Lipinski definition) is 5. The molecule has 0 aromatic heterocycles. The fourth-order valence-electron chi connectivity index (χ4n) is 3.26. The van der Waals surface area contributed by atoms with E-state index in [1.165, 1.54) is 7.11 Å². The van der Waals surface area contributed by atoms with Crippen molar-refractivity contribution in [2.45, 2.75) is 79.0 Å². The summed E-state index contributed by atoms with van der Waals surface area (Å²) in [4.78, 5) is 26.5. The van der Waals surface area contributed by atoms with Crippen molar-refractivity contribution in [3.05, 3.63) is 0 Å². The van der Waals surface area contributed by atoms with Crippen LogP contribution in [0, 0.1) is 10.8 Å². The molecule has 2 unspecified atom stereocenters. The van der Waals surface area contributed by atoms with Gasteiger partial charge in [-0.05, 0) is 39.0 Å². The fraction of sp³-hybridized carbons (Fsp3) is 0.889. The van der Waals surface area contributed by atoms with Crippen LogP contribution in [-0.2, 0) is 14.3 Å². The Kier molecular flexibility index (Phi) is 5.97. The molecule has 1 rings (SSSR count). The van der Waals surface area contributed by atoms with E-state index in [9.17, 15) is 9.59 Å². The summed E-state index contributed by atoms with van der Waals surface area (Å²) in [6, 6.07) is -0.992. The lowest BCUT2D eigenvalue weighted by Crippen LogP contribution is -2.61. The molecular weight excluding hydrogens is 308 g/mol. The van der Waals surface area contributed by atoms with Crippen LogP contribution in [0.2, 0.25) is 0 Å². The highest BCUT2D eigenvalue weighted by Gasteiger charge is 2.48. The second-order valence-electron chi connectivity index (χ2n) is 9.15. The first kappa shape index (κ1) is 20.7. The molecule has 0 aliphatic carbocycles. The summed E-state index contributed by atoms with van der Waals surface area (Å²) in [7, 11) is 1.33. The molecule has 1 heterocycles. The number of ether oxygens (including phenoxy) is 2. The van der Waals surface area contributed by atoms with Crippen LogP contribution in [0.5, 0.6) is 0 Å². The van der Waals surface area contributed by atoms with E-state index in [0.29, 0.717) is 6.54 Å². The van der Waals surface area contributed by atoms with E-state index >= 15 is 0 Å². The van der Waals surface area contributed by atoms with Crippen LogP contribution in [0.15, 0.2) is 0 Å². The van der Waals surface area contributed by atoms with Crippen molar-refractivity contribution in [3.8, 4) is 0 Å². The number of carbonyl (C=O) groups excluding carboxylic acids is 2. The molecule has 0 spiro atoms. The maximum Gasteiger partial charge on any atom is 0.410 e. The van der Waals surface area contributed by atoms with Crippen LogP contribution in [0.4, 0.5) is 4.79 Å². The quantitative estimate of drug-likeness (QED) is 0.798. The smallest absolute Gasteiger partial charge is 0.410 e. The fourth-order valence-corrected chi connectivity index (χ4v) is 3.26. The molecule has 1 fully saturated rings. The number of amides is 1. The van der Waals surface area contributed by atoms with Crippen molar-refractivity contribution in [1.82, 2.24) is 4.90 Å². The summed E-state index contributed by atoms with van der Waals surface area (Å²) in [6.07, 6.45) is 1.36. The van der Waals surface area contributed by atoms with Gasteiger partial charge in [0.2, 0.25) is 0 Å². The molecule has 1 amide bonds. The number of carbonyl (C=O) groups is 2. The zero-order valence-corrected chi connectivity index (χ0v) is 16.4. The Balaban J connectivity index is 3.12. The number of nitrogens with zero attached hydrogens (tertiary/aromatic N) is 1. The van der Waals surface area contributed by atoms with Crippen LogP contribution in [0.1, 0.15) is 61.3 Å². The number of hydrogen-bond donors (Lipinski definition) is 1. The Labute approximate surface area is 146 Å². The largest absolute Gasteiger partial charge is 0.468 e. The summed E-state index contributed by atoms with van der Waals surface area (Å²) >= 11 is 0. The number of rotatable bonds is 3. The first-order valence-electron chi connectivity index (χ1n) is 8.54. The molecule has 2 N–H and O–H groups in total. The molecule has 0 aromatic rings. The van der Waals surface area contributed by atoms with Gasteiger partial charge in [0.05, 0.1) is 7.11 Å². The molecule has 2 atom stereocenters. The molecule has 1 aliphatic rings. The second kappa shape index (κ2) is 6.90. The highest BCUT2D eigenvalue weighted by atomic mass is 16.6. The van der Waals surface area contributed by atoms with Gasteiger partial charge in [-0.15, -0.1) is 0 Å². The second-order valence-corrected chi connectivity index (χ2v) is 9.15. The van der Waals surface area contributed by atoms with Gasteiger partial charge in [-0.25, -0.2) is 4.79 Å². The monoisotopic (exact) mass is 342 g/mol. The average molecular weight is 342 g/mol. The van der Waals surface area contributed by atoms with Crippen LogP contribution < -0.4 is 5.73 Å². The Bertz CT molecular complexity index is 480. The van der Waals surface area contributed by atoms with Crippen LogP contribution in [-0.4, -0.2) is 48.3 Å². The highest BCUT2D eigenvalue weighted by Crippen LogP contribution is 2.41. The maximum absolute atomic E-state index is 12.8. The third-order valence-corrected chi connectivity index (χ3v) is 4.81. The minimum Gasteiger partial charge on any atom is -0.468 e. The topological polar surface area (TPSA) is 81.9 Å². The Morgan fingerprint density at radius 2 is 1.75 bits per heavy atom.